The van der Waals surface area contributed by atoms with E-state index in [1.165, 1.54) is 0 Å². The van der Waals surface area contributed by atoms with Crippen molar-refractivity contribution in [3.8, 4) is 0 Å². The van der Waals surface area contributed by atoms with Crippen molar-refractivity contribution >= 4 is 0 Å². The molecule has 15 heteroatoms. The van der Waals surface area contributed by atoms with Crippen molar-refractivity contribution in [3.05, 3.63) is 0 Å². The van der Waals surface area contributed by atoms with Crippen LogP contribution in [0.15, 0.2) is 0 Å². The second-order valence-corrected chi connectivity index (χ2v) is 0. The molecule has 0 radical (unpaired) electrons. The predicted molar refractivity (Wildman–Crippen MR) is 4.81 cm³/mol. The van der Waals surface area contributed by atoms with E-state index < -0.39 is 0 Å². The first-order valence-corrected chi connectivity index (χ1v) is 0. The minimum Gasteiger partial charge on any atom is -2.00 e. The van der Waals surface area contributed by atoms with Gasteiger partial charge in [0, 0.05) is 0 Å². The summed E-state index contributed by atoms with van der Waals surface area (Å²) in [5.74, 6) is 0. The molecular formula is O7Zn8+2. The summed E-state index contributed by atoms with van der Waals surface area (Å²) in [6, 6.07) is 0. The monoisotopic (exact) mass is 623 g/mol. The Hall–Kier alpha value is 4.71. The molecule has 0 atom stereocenters. The quantitative estimate of drug-likeness (QED) is 0.299. The van der Waals surface area contributed by atoms with Crippen LogP contribution in [-0.4, -0.2) is 0 Å². The van der Waals surface area contributed by atoms with Crippen molar-refractivity contribution in [1.82, 2.24) is 0 Å². The molecule has 0 unspecified atom stereocenters. The molecule has 0 aromatic heterocycles. The van der Waals surface area contributed by atoms with E-state index in [4.69, 9.17) is 0 Å². The molecule has 0 aliphatic rings. The summed E-state index contributed by atoms with van der Waals surface area (Å²) in [6.07, 6.45) is 0. The first-order valence-electron chi connectivity index (χ1n) is 0. The van der Waals surface area contributed by atoms with Crippen molar-refractivity contribution in [2.75, 3.05) is 0 Å². The van der Waals surface area contributed by atoms with E-state index in [0.29, 0.717) is 0 Å². The van der Waals surface area contributed by atoms with Crippen molar-refractivity contribution in [2.45, 2.75) is 0 Å². The molecular weight excluding hydrogens is 635 g/mol. The Morgan fingerprint density at radius 1 is 0.133 bits per heavy atom. The first kappa shape index (κ1) is 311. The summed E-state index contributed by atoms with van der Waals surface area (Å²) < 4.78 is 0. The van der Waals surface area contributed by atoms with Gasteiger partial charge in [0.2, 0.25) is 0 Å². The number of rotatable bonds is 0. The average molecular weight is 635 g/mol. The van der Waals surface area contributed by atoms with Crippen LogP contribution in [0.4, 0.5) is 0 Å². The van der Waals surface area contributed by atoms with Crippen LogP contribution in [0.1, 0.15) is 0 Å². The zero-order chi connectivity index (χ0) is 0. The molecule has 0 aromatic rings. The molecule has 7 nitrogen and oxygen atoms in total. The summed E-state index contributed by atoms with van der Waals surface area (Å²) >= 11 is 0. The van der Waals surface area contributed by atoms with Gasteiger partial charge in [-0.3, -0.25) is 0 Å². The second-order valence-electron chi connectivity index (χ2n) is 0. The van der Waals surface area contributed by atoms with Gasteiger partial charge >= 0.3 is 156 Å². The Morgan fingerprint density at radius 2 is 0.133 bits per heavy atom. The van der Waals surface area contributed by atoms with Crippen LogP contribution in [0.3, 0.4) is 0 Å². The third kappa shape index (κ3) is 236. The molecule has 0 bridgehead atoms. The normalized spacial score (nSPS) is 0. The third-order valence-electron chi connectivity index (χ3n) is 0. The van der Waals surface area contributed by atoms with E-state index in [-0.39, 0.29) is 194 Å². The van der Waals surface area contributed by atoms with Crippen molar-refractivity contribution in [3.63, 3.8) is 0 Å². The molecule has 0 saturated heterocycles. The Kier molecular flexibility index (Phi) is 5490. The van der Waals surface area contributed by atoms with E-state index in [2.05, 4.69) is 0 Å². The molecule has 0 aliphatic heterocycles. The van der Waals surface area contributed by atoms with Crippen LogP contribution in [0.2, 0.25) is 0 Å². The zero-order valence-corrected chi connectivity index (χ0v) is 32.3. The molecule has 0 rings (SSSR count). The van der Waals surface area contributed by atoms with E-state index in [0.717, 1.165) is 0 Å². The van der Waals surface area contributed by atoms with E-state index >= 15 is 0 Å². The summed E-state index contributed by atoms with van der Waals surface area (Å²) in [7, 11) is 0. The maximum atomic E-state index is 0. The van der Waals surface area contributed by atoms with Gasteiger partial charge in [0.25, 0.3) is 0 Å². The Labute approximate surface area is 191 Å². The van der Waals surface area contributed by atoms with Gasteiger partial charge in [0.15, 0.2) is 0 Å². The molecule has 0 saturated carbocycles. The van der Waals surface area contributed by atoms with Gasteiger partial charge in [-0.15, -0.1) is 0 Å². The van der Waals surface area contributed by atoms with Crippen LogP contribution >= 0.6 is 0 Å². The van der Waals surface area contributed by atoms with Crippen molar-refractivity contribution < 1.29 is 194 Å². The molecule has 0 aliphatic carbocycles. The fourth-order valence-corrected chi connectivity index (χ4v) is 0. The average Bonchev–Trinajstić information content (AvgIpc) is 0. The zero-order valence-electron chi connectivity index (χ0n) is 8.51. The molecule has 56 valence electrons. The predicted octanol–water partition coefficient (Wildman–Crippen LogP) is -0.852. The van der Waals surface area contributed by atoms with Gasteiger partial charge < -0.3 is 38.3 Å². The van der Waals surface area contributed by atoms with Crippen LogP contribution < -0.4 is 0 Å². The van der Waals surface area contributed by atoms with Gasteiger partial charge in [0.05, 0.1) is 0 Å². The fraction of sp³-hybridized carbons (Fsp3) is 0. The smallest absolute Gasteiger partial charge is 2.00 e. The minimum atomic E-state index is 0. The number of hydrogen-bond acceptors (Lipinski definition) is 0. The second kappa shape index (κ2) is 265. The van der Waals surface area contributed by atoms with Crippen LogP contribution in [-0.2, 0) is 194 Å². The van der Waals surface area contributed by atoms with Crippen LogP contribution in [0, 0.1) is 0 Å². The van der Waals surface area contributed by atoms with Gasteiger partial charge in [0.1, 0.15) is 0 Å². The standard InChI is InChI=1S/7O.8Zn/q7*-2;8*+2. The maximum Gasteiger partial charge on any atom is 2.00 e. The van der Waals surface area contributed by atoms with Crippen molar-refractivity contribution in [2.24, 2.45) is 0 Å². The van der Waals surface area contributed by atoms with Gasteiger partial charge in [-0.2, -0.15) is 0 Å². The van der Waals surface area contributed by atoms with E-state index in [1.807, 2.05) is 0 Å². The molecule has 15 heavy (non-hydrogen) atoms. The maximum absolute atomic E-state index is 0. The van der Waals surface area contributed by atoms with E-state index in [1.54, 1.807) is 0 Å². The summed E-state index contributed by atoms with van der Waals surface area (Å²) in [5.41, 5.74) is 0. The van der Waals surface area contributed by atoms with E-state index in [9.17, 15) is 0 Å². The molecule has 0 fully saturated rings. The van der Waals surface area contributed by atoms with Gasteiger partial charge in [-0.05, 0) is 0 Å². The molecule has 0 heterocycles. The molecule has 0 amide bonds. The summed E-state index contributed by atoms with van der Waals surface area (Å²) in [6.45, 7) is 0. The molecule has 0 spiro atoms. The fourth-order valence-electron chi connectivity index (χ4n) is 0. The minimum absolute atomic E-state index is 0. The first-order chi connectivity index (χ1) is 0. The third-order valence-corrected chi connectivity index (χ3v) is 0. The van der Waals surface area contributed by atoms with Crippen molar-refractivity contribution in [1.29, 1.82) is 0 Å². The Bertz CT molecular complexity index is 15.0. The Balaban J connectivity index is 0. The number of hydrogen-bond donors (Lipinski definition) is 0. The Morgan fingerprint density at radius 3 is 0.133 bits per heavy atom. The largest absolute Gasteiger partial charge is 2.00 e. The van der Waals surface area contributed by atoms with Crippen LogP contribution in [0.5, 0.6) is 0 Å². The van der Waals surface area contributed by atoms with Gasteiger partial charge in [-0.1, -0.05) is 0 Å². The SMILES string of the molecule is [O-2].[O-2].[O-2].[O-2].[O-2].[O-2].[O-2].[Zn+2].[Zn+2].[Zn+2].[Zn+2].[Zn+2].[Zn+2].[Zn+2].[Zn+2]. The summed E-state index contributed by atoms with van der Waals surface area (Å²) in [5, 5.41) is 0. The molecule has 0 N–H and O–H groups in total. The topological polar surface area (TPSA) is 200 Å². The van der Waals surface area contributed by atoms with Gasteiger partial charge in [-0.25, -0.2) is 0 Å². The summed E-state index contributed by atoms with van der Waals surface area (Å²) in [4.78, 5) is 0. The van der Waals surface area contributed by atoms with Crippen LogP contribution in [0.25, 0.3) is 0 Å². The molecule has 0 aromatic carbocycles.